The van der Waals surface area contributed by atoms with Gasteiger partial charge in [0.05, 0.1) is 0 Å². The minimum Gasteiger partial charge on any atom is -0.440 e. The maximum atomic E-state index is 12.6. The Hall–Kier alpha value is -2.37. The first-order valence-electron chi connectivity index (χ1n) is 9.21. The lowest BCUT2D eigenvalue weighted by atomic mass is 9.94. The number of carbonyl (C=O) groups is 2. The quantitative estimate of drug-likeness (QED) is 0.916. The summed E-state index contributed by atoms with van der Waals surface area (Å²) in [5, 5.41) is 2.82. The number of rotatable bonds is 3. The number of piperidine rings is 1. The second-order valence-corrected chi connectivity index (χ2v) is 8.06. The molecule has 3 rings (SSSR count). The normalized spacial score (nSPS) is 17.3. The van der Waals surface area contributed by atoms with E-state index in [1.165, 1.54) is 0 Å². The molecule has 2 aromatic rings. The molecular weight excluding hydrogens is 330 g/mol. The Kier molecular flexibility index (Phi) is 5.03. The van der Waals surface area contributed by atoms with Crippen LogP contribution < -0.4 is 5.32 Å². The van der Waals surface area contributed by atoms with Crippen LogP contribution >= 0.6 is 0 Å². The van der Waals surface area contributed by atoms with Crippen LogP contribution in [-0.2, 0) is 9.59 Å². The average Bonchev–Trinajstić information content (AvgIpc) is 3.04. The Morgan fingerprint density at radius 1 is 1.23 bits per heavy atom. The molecule has 0 spiro atoms. The van der Waals surface area contributed by atoms with Gasteiger partial charge in [-0.25, -0.2) is 4.98 Å². The molecule has 1 atom stereocenters. The Morgan fingerprint density at radius 3 is 2.50 bits per heavy atom. The summed E-state index contributed by atoms with van der Waals surface area (Å²) in [5.41, 5.74) is 1.17. The van der Waals surface area contributed by atoms with Crippen LogP contribution in [0.5, 0.6) is 0 Å². The van der Waals surface area contributed by atoms with Crippen LogP contribution in [0.25, 0.3) is 11.1 Å². The van der Waals surface area contributed by atoms with Crippen molar-refractivity contribution in [3.8, 4) is 0 Å². The third-order valence-corrected chi connectivity index (χ3v) is 4.87. The lowest BCUT2D eigenvalue weighted by Crippen LogP contribution is -2.51. The molecule has 2 amide bonds. The zero-order chi connectivity index (χ0) is 18.9. The first-order chi connectivity index (χ1) is 12.3. The SMILES string of the molecule is CC(NC(=O)C(C)(C)C)C(=O)N1CCC(c2nc3ccccc3o2)CC1. The predicted octanol–water partition coefficient (Wildman–Crippen LogP) is 3.08. The van der Waals surface area contributed by atoms with Crippen molar-refractivity contribution in [2.45, 2.75) is 52.5 Å². The van der Waals surface area contributed by atoms with Gasteiger partial charge < -0.3 is 14.6 Å². The highest BCUT2D eigenvalue weighted by Crippen LogP contribution is 2.30. The molecule has 1 unspecified atom stereocenters. The maximum absolute atomic E-state index is 12.6. The molecule has 140 valence electrons. The molecule has 1 aliphatic heterocycles. The summed E-state index contributed by atoms with van der Waals surface area (Å²) < 4.78 is 5.87. The van der Waals surface area contributed by atoms with Crippen LogP contribution in [-0.4, -0.2) is 40.8 Å². The Bertz CT molecular complexity index is 765. The summed E-state index contributed by atoms with van der Waals surface area (Å²) in [6.45, 7) is 8.57. The fourth-order valence-electron chi connectivity index (χ4n) is 3.16. The smallest absolute Gasteiger partial charge is 0.244 e. The number of benzene rings is 1. The topological polar surface area (TPSA) is 75.4 Å². The maximum Gasteiger partial charge on any atom is 0.244 e. The van der Waals surface area contributed by atoms with Crippen molar-refractivity contribution in [3.05, 3.63) is 30.2 Å². The van der Waals surface area contributed by atoms with Gasteiger partial charge in [-0.15, -0.1) is 0 Å². The number of nitrogens with one attached hydrogen (secondary N) is 1. The van der Waals surface area contributed by atoms with Gasteiger partial charge >= 0.3 is 0 Å². The van der Waals surface area contributed by atoms with Crippen molar-refractivity contribution in [1.82, 2.24) is 15.2 Å². The molecule has 6 nitrogen and oxygen atoms in total. The Labute approximate surface area is 153 Å². The first kappa shape index (κ1) is 18.4. The monoisotopic (exact) mass is 357 g/mol. The standard InChI is InChI=1S/C20H27N3O3/c1-13(21-19(25)20(2,3)4)18(24)23-11-9-14(10-12-23)17-22-15-7-5-6-8-16(15)26-17/h5-8,13-14H,9-12H2,1-4H3,(H,21,25). The number of hydrogen-bond donors (Lipinski definition) is 1. The number of oxazole rings is 1. The number of nitrogens with zero attached hydrogens (tertiary/aromatic N) is 2. The molecule has 1 fully saturated rings. The van der Waals surface area contributed by atoms with Gasteiger partial charge in [0.2, 0.25) is 11.8 Å². The molecule has 1 aliphatic rings. The number of carbonyl (C=O) groups excluding carboxylic acids is 2. The van der Waals surface area contributed by atoms with Crippen LogP contribution in [0.4, 0.5) is 0 Å². The Balaban J connectivity index is 1.57. The van der Waals surface area contributed by atoms with E-state index in [2.05, 4.69) is 10.3 Å². The van der Waals surface area contributed by atoms with E-state index < -0.39 is 11.5 Å². The van der Waals surface area contributed by atoms with Gasteiger partial charge in [0.1, 0.15) is 11.6 Å². The molecule has 1 N–H and O–H groups in total. The second-order valence-electron chi connectivity index (χ2n) is 8.06. The van der Waals surface area contributed by atoms with E-state index in [4.69, 9.17) is 4.42 Å². The van der Waals surface area contributed by atoms with Gasteiger partial charge in [0.25, 0.3) is 0 Å². The highest BCUT2D eigenvalue weighted by molar-refractivity contribution is 5.89. The van der Waals surface area contributed by atoms with E-state index in [1.54, 1.807) is 6.92 Å². The zero-order valence-corrected chi connectivity index (χ0v) is 15.9. The summed E-state index contributed by atoms with van der Waals surface area (Å²) in [5.74, 6) is 0.844. The highest BCUT2D eigenvalue weighted by Gasteiger charge is 2.31. The molecule has 26 heavy (non-hydrogen) atoms. The van der Waals surface area contributed by atoms with Crippen LogP contribution in [0.15, 0.2) is 28.7 Å². The molecule has 0 aliphatic carbocycles. The van der Waals surface area contributed by atoms with Gasteiger partial charge in [0, 0.05) is 24.4 Å². The van der Waals surface area contributed by atoms with E-state index in [9.17, 15) is 9.59 Å². The molecule has 0 bridgehead atoms. The Morgan fingerprint density at radius 2 is 1.88 bits per heavy atom. The summed E-state index contributed by atoms with van der Waals surface area (Å²) in [4.78, 5) is 31.1. The van der Waals surface area contributed by atoms with Gasteiger partial charge in [0.15, 0.2) is 11.5 Å². The highest BCUT2D eigenvalue weighted by atomic mass is 16.3. The number of likely N-dealkylation sites (tertiary alicyclic amines) is 1. The number of fused-ring (bicyclic) bond motifs is 1. The fraction of sp³-hybridized carbons (Fsp3) is 0.550. The average molecular weight is 357 g/mol. The molecule has 1 aromatic carbocycles. The summed E-state index contributed by atoms with van der Waals surface area (Å²) in [6.07, 6.45) is 1.64. The third-order valence-electron chi connectivity index (χ3n) is 4.87. The minimum absolute atomic E-state index is 0.0291. The van der Waals surface area contributed by atoms with E-state index in [0.717, 1.165) is 29.8 Å². The van der Waals surface area contributed by atoms with Crippen molar-refractivity contribution < 1.29 is 14.0 Å². The lowest BCUT2D eigenvalue weighted by molar-refractivity contribution is -0.139. The first-order valence-corrected chi connectivity index (χ1v) is 9.21. The molecule has 0 saturated carbocycles. The molecule has 6 heteroatoms. The van der Waals surface area contributed by atoms with E-state index in [1.807, 2.05) is 49.9 Å². The van der Waals surface area contributed by atoms with Crippen LogP contribution in [0.3, 0.4) is 0 Å². The number of aromatic nitrogens is 1. The van der Waals surface area contributed by atoms with Crippen molar-refractivity contribution in [3.63, 3.8) is 0 Å². The van der Waals surface area contributed by atoms with Crippen molar-refractivity contribution in [1.29, 1.82) is 0 Å². The summed E-state index contributed by atoms with van der Waals surface area (Å²) in [6, 6.07) is 7.24. The van der Waals surface area contributed by atoms with Crippen LogP contribution in [0.1, 0.15) is 52.3 Å². The third kappa shape index (κ3) is 3.89. The number of para-hydroxylation sites is 2. The molecule has 0 radical (unpaired) electrons. The van der Waals surface area contributed by atoms with Crippen molar-refractivity contribution in [2.24, 2.45) is 5.41 Å². The second kappa shape index (κ2) is 7.09. The van der Waals surface area contributed by atoms with E-state index >= 15 is 0 Å². The number of hydrogen-bond acceptors (Lipinski definition) is 4. The summed E-state index contributed by atoms with van der Waals surface area (Å²) in [7, 11) is 0. The van der Waals surface area contributed by atoms with Gasteiger partial charge in [-0.2, -0.15) is 0 Å². The summed E-state index contributed by atoms with van der Waals surface area (Å²) >= 11 is 0. The minimum atomic E-state index is -0.511. The van der Waals surface area contributed by atoms with Gasteiger partial charge in [-0.05, 0) is 31.9 Å². The molecule has 1 saturated heterocycles. The largest absolute Gasteiger partial charge is 0.440 e. The van der Waals surface area contributed by atoms with Crippen molar-refractivity contribution in [2.75, 3.05) is 13.1 Å². The molecule has 2 heterocycles. The fourth-order valence-corrected chi connectivity index (χ4v) is 3.16. The van der Waals surface area contributed by atoms with Crippen LogP contribution in [0, 0.1) is 5.41 Å². The predicted molar refractivity (Wildman–Crippen MR) is 99.6 cm³/mol. The molecular formula is C20H27N3O3. The van der Waals surface area contributed by atoms with Crippen LogP contribution in [0.2, 0.25) is 0 Å². The molecule has 1 aromatic heterocycles. The van der Waals surface area contributed by atoms with Crippen molar-refractivity contribution >= 4 is 22.9 Å². The zero-order valence-electron chi connectivity index (χ0n) is 15.9. The van der Waals surface area contributed by atoms with E-state index in [0.29, 0.717) is 13.1 Å². The van der Waals surface area contributed by atoms with Gasteiger partial charge in [-0.3, -0.25) is 9.59 Å². The van der Waals surface area contributed by atoms with E-state index in [-0.39, 0.29) is 17.7 Å². The van der Waals surface area contributed by atoms with Gasteiger partial charge in [-0.1, -0.05) is 32.9 Å². The number of amides is 2. The lowest BCUT2D eigenvalue weighted by Gasteiger charge is -2.33.